The van der Waals surface area contributed by atoms with Crippen LogP contribution in [0.3, 0.4) is 0 Å². The van der Waals surface area contributed by atoms with Gasteiger partial charge >= 0.3 is 0 Å². The lowest BCUT2D eigenvalue weighted by atomic mass is 10.1. The number of pyridine rings is 1. The first-order valence-electron chi connectivity index (χ1n) is 5.62. The topological polar surface area (TPSA) is 57.4 Å². The van der Waals surface area contributed by atoms with Crippen LogP contribution in [0.2, 0.25) is 0 Å². The summed E-state index contributed by atoms with van der Waals surface area (Å²) in [6.45, 7) is 2.70. The molecule has 0 radical (unpaired) electrons. The molecule has 1 heterocycles. The van der Waals surface area contributed by atoms with E-state index in [9.17, 15) is 0 Å². The van der Waals surface area contributed by atoms with E-state index in [0.717, 1.165) is 17.3 Å². The number of benzene rings is 1. The van der Waals surface area contributed by atoms with Gasteiger partial charge in [0.2, 0.25) is 0 Å². The summed E-state index contributed by atoms with van der Waals surface area (Å²) < 4.78 is 11.0. The first-order chi connectivity index (χ1) is 8.27. The minimum atomic E-state index is 0.598. The summed E-state index contributed by atoms with van der Waals surface area (Å²) in [7, 11) is 1.61. The number of hydrogen-bond acceptors (Lipinski definition) is 4. The second-order valence-corrected chi connectivity index (χ2v) is 3.75. The van der Waals surface area contributed by atoms with Gasteiger partial charge in [0.05, 0.1) is 24.9 Å². The molecule has 0 fully saturated rings. The molecule has 0 saturated carbocycles. The first-order valence-corrected chi connectivity index (χ1v) is 5.62. The highest BCUT2D eigenvalue weighted by atomic mass is 16.5. The predicted octanol–water partition coefficient (Wildman–Crippen LogP) is 2.61. The lowest BCUT2D eigenvalue weighted by molar-refractivity contribution is 0.298. The van der Waals surface area contributed by atoms with Crippen LogP contribution in [0.5, 0.6) is 11.5 Å². The molecule has 4 heteroatoms. The molecule has 0 aliphatic heterocycles. The number of anilines is 1. The van der Waals surface area contributed by atoms with Crippen molar-refractivity contribution >= 4 is 16.6 Å². The lowest BCUT2D eigenvalue weighted by Gasteiger charge is -2.13. The third kappa shape index (κ3) is 2.11. The van der Waals surface area contributed by atoms with Crippen LogP contribution in [-0.2, 0) is 0 Å². The Morgan fingerprint density at radius 1 is 1.41 bits per heavy atom. The van der Waals surface area contributed by atoms with Crippen LogP contribution in [-0.4, -0.2) is 18.7 Å². The number of rotatable bonds is 4. The standard InChI is InChI=1S/C13H16N2O2/c1-3-7-17-13-9-5-4-6-15-12(9)10(14)8-11(13)16-2/h4-6,8H,3,7,14H2,1-2H3. The van der Waals surface area contributed by atoms with E-state index in [-0.39, 0.29) is 0 Å². The zero-order valence-corrected chi connectivity index (χ0v) is 10.1. The Balaban J connectivity index is 2.63. The number of nitrogens with zero attached hydrogens (tertiary/aromatic N) is 1. The number of methoxy groups -OCH3 is 1. The third-order valence-corrected chi connectivity index (χ3v) is 2.51. The van der Waals surface area contributed by atoms with Crippen molar-refractivity contribution in [2.75, 3.05) is 19.5 Å². The highest BCUT2D eigenvalue weighted by molar-refractivity contribution is 5.96. The van der Waals surface area contributed by atoms with E-state index >= 15 is 0 Å². The summed E-state index contributed by atoms with van der Waals surface area (Å²) in [6.07, 6.45) is 2.66. The molecule has 0 unspecified atom stereocenters. The molecule has 0 spiro atoms. The molecule has 4 nitrogen and oxygen atoms in total. The van der Waals surface area contributed by atoms with E-state index in [1.165, 1.54) is 0 Å². The average Bonchev–Trinajstić information content (AvgIpc) is 2.37. The Hall–Kier alpha value is -1.97. The van der Waals surface area contributed by atoms with Crippen LogP contribution in [0.25, 0.3) is 10.9 Å². The van der Waals surface area contributed by atoms with Crippen LogP contribution < -0.4 is 15.2 Å². The third-order valence-electron chi connectivity index (χ3n) is 2.51. The van der Waals surface area contributed by atoms with Gasteiger partial charge in [-0.1, -0.05) is 6.92 Å². The molecule has 0 amide bonds. The normalized spacial score (nSPS) is 10.5. The van der Waals surface area contributed by atoms with Crippen molar-refractivity contribution in [2.45, 2.75) is 13.3 Å². The summed E-state index contributed by atoms with van der Waals surface area (Å²) in [6, 6.07) is 5.55. The van der Waals surface area contributed by atoms with Crippen molar-refractivity contribution in [3.05, 3.63) is 24.4 Å². The molecule has 17 heavy (non-hydrogen) atoms. The molecule has 0 aliphatic rings. The Morgan fingerprint density at radius 3 is 2.94 bits per heavy atom. The van der Waals surface area contributed by atoms with E-state index in [0.29, 0.717) is 23.8 Å². The highest BCUT2D eigenvalue weighted by Crippen LogP contribution is 2.38. The van der Waals surface area contributed by atoms with Crippen molar-refractivity contribution in [3.8, 4) is 11.5 Å². The summed E-state index contributed by atoms with van der Waals surface area (Å²) in [5, 5.41) is 0.887. The molecule has 90 valence electrons. The van der Waals surface area contributed by atoms with Crippen molar-refractivity contribution in [3.63, 3.8) is 0 Å². The average molecular weight is 232 g/mol. The molecule has 0 bridgehead atoms. The molecule has 2 N–H and O–H groups in total. The van der Waals surface area contributed by atoms with Crippen molar-refractivity contribution in [1.29, 1.82) is 0 Å². The van der Waals surface area contributed by atoms with Gasteiger partial charge < -0.3 is 15.2 Å². The maximum absolute atomic E-state index is 5.93. The highest BCUT2D eigenvalue weighted by Gasteiger charge is 2.13. The molecule has 0 saturated heterocycles. The van der Waals surface area contributed by atoms with E-state index in [1.54, 1.807) is 19.4 Å². The van der Waals surface area contributed by atoms with Crippen molar-refractivity contribution in [1.82, 2.24) is 4.98 Å². The Kier molecular flexibility index (Phi) is 3.32. The Bertz CT molecular complexity index is 526. The number of ether oxygens (including phenoxy) is 2. The molecule has 2 aromatic rings. The zero-order valence-electron chi connectivity index (χ0n) is 10.1. The van der Waals surface area contributed by atoms with E-state index in [2.05, 4.69) is 11.9 Å². The van der Waals surface area contributed by atoms with Gasteiger partial charge in [-0.2, -0.15) is 0 Å². The van der Waals surface area contributed by atoms with Crippen LogP contribution in [0.4, 0.5) is 5.69 Å². The van der Waals surface area contributed by atoms with Crippen LogP contribution >= 0.6 is 0 Å². The maximum Gasteiger partial charge on any atom is 0.170 e. The molecule has 1 aromatic carbocycles. The molecular formula is C13H16N2O2. The van der Waals surface area contributed by atoms with E-state index < -0.39 is 0 Å². The SMILES string of the molecule is CCCOc1c(OC)cc(N)c2ncccc12. The van der Waals surface area contributed by atoms with Gasteiger partial charge in [-0.05, 0) is 18.6 Å². The Labute approximate surface area is 100 Å². The van der Waals surface area contributed by atoms with Gasteiger partial charge in [0.15, 0.2) is 11.5 Å². The van der Waals surface area contributed by atoms with Crippen LogP contribution in [0.1, 0.15) is 13.3 Å². The number of hydrogen-bond donors (Lipinski definition) is 1. The summed E-state index contributed by atoms with van der Waals surface area (Å²) >= 11 is 0. The fraction of sp³-hybridized carbons (Fsp3) is 0.308. The lowest BCUT2D eigenvalue weighted by Crippen LogP contribution is -2.01. The van der Waals surface area contributed by atoms with Crippen molar-refractivity contribution in [2.24, 2.45) is 0 Å². The first kappa shape index (κ1) is 11.5. The van der Waals surface area contributed by atoms with Gasteiger partial charge in [-0.15, -0.1) is 0 Å². The maximum atomic E-state index is 5.93. The fourth-order valence-corrected chi connectivity index (χ4v) is 1.73. The molecule has 1 aromatic heterocycles. The summed E-state index contributed by atoms with van der Waals surface area (Å²) in [4.78, 5) is 4.26. The zero-order chi connectivity index (χ0) is 12.3. The van der Waals surface area contributed by atoms with Gasteiger partial charge in [0.25, 0.3) is 0 Å². The summed E-state index contributed by atoms with van der Waals surface area (Å²) in [5.74, 6) is 1.36. The number of fused-ring (bicyclic) bond motifs is 1. The fourth-order valence-electron chi connectivity index (χ4n) is 1.73. The Morgan fingerprint density at radius 2 is 2.24 bits per heavy atom. The molecule has 2 rings (SSSR count). The van der Waals surface area contributed by atoms with Crippen LogP contribution in [0, 0.1) is 0 Å². The molecule has 0 aliphatic carbocycles. The minimum absolute atomic E-state index is 0.598. The largest absolute Gasteiger partial charge is 0.493 e. The second kappa shape index (κ2) is 4.91. The second-order valence-electron chi connectivity index (χ2n) is 3.75. The molecule has 0 atom stereocenters. The quantitative estimate of drug-likeness (QED) is 0.823. The van der Waals surface area contributed by atoms with E-state index in [4.69, 9.17) is 15.2 Å². The number of nitrogen functional groups attached to an aromatic ring is 1. The molecular weight excluding hydrogens is 216 g/mol. The van der Waals surface area contributed by atoms with Crippen LogP contribution in [0.15, 0.2) is 24.4 Å². The monoisotopic (exact) mass is 232 g/mol. The smallest absolute Gasteiger partial charge is 0.170 e. The minimum Gasteiger partial charge on any atom is -0.493 e. The van der Waals surface area contributed by atoms with Crippen molar-refractivity contribution < 1.29 is 9.47 Å². The van der Waals surface area contributed by atoms with Gasteiger partial charge in [0, 0.05) is 17.6 Å². The summed E-state index contributed by atoms with van der Waals surface area (Å²) in [5.41, 5.74) is 7.28. The van der Waals surface area contributed by atoms with Gasteiger partial charge in [-0.3, -0.25) is 4.98 Å². The number of aromatic nitrogens is 1. The predicted molar refractivity (Wildman–Crippen MR) is 68.5 cm³/mol. The number of nitrogens with two attached hydrogens (primary N) is 1. The van der Waals surface area contributed by atoms with Gasteiger partial charge in [-0.25, -0.2) is 0 Å². The van der Waals surface area contributed by atoms with Gasteiger partial charge in [0.1, 0.15) is 0 Å². The van der Waals surface area contributed by atoms with E-state index in [1.807, 2.05) is 12.1 Å².